The Morgan fingerprint density at radius 2 is 1.81 bits per heavy atom. The molecule has 1 N–H and O–H groups in total. The van der Waals surface area contributed by atoms with Crippen LogP contribution in [0.4, 0.5) is 4.39 Å². The number of benzene rings is 1. The maximum absolute atomic E-state index is 12.7. The van der Waals surface area contributed by atoms with Gasteiger partial charge in [-0.2, -0.15) is 0 Å². The van der Waals surface area contributed by atoms with Gasteiger partial charge in [-0.1, -0.05) is 0 Å². The van der Waals surface area contributed by atoms with E-state index in [1.165, 1.54) is 37.4 Å². The standard InChI is InChI=1S/C11H9FN2O2/c1-14-10(15)6-9(13-11(14)16)7-2-4-8(12)5-3-7/h2-6H,1H3,(H,13,16). The van der Waals surface area contributed by atoms with Crippen molar-refractivity contribution < 1.29 is 4.39 Å². The van der Waals surface area contributed by atoms with Crippen molar-refractivity contribution in [3.8, 4) is 11.3 Å². The van der Waals surface area contributed by atoms with Crippen LogP contribution in [0.15, 0.2) is 39.9 Å². The van der Waals surface area contributed by atoms with Crippen molar-refractivity contribution >= 4 is 0 Å². The molecule has 0 radical (unpaired) electrons. The Labute approximate surface area is 90.0 Å². The summed E-state index contributed by atoms with van der Waals surface area (Å²) in [6, 6.07) is 6.84. The molecule has 4 nitrogen and oxygen atoms in total. The topological polar surface area (TPSA) is 54.9 Å². The second-order valence-electron chi connectivity index (χ2n) is 3.39. The molecule has 0 aliphatic rings. The Kier molecular flexibility index (Phi) is 2.44. The molecule has 82 valence electrons. The van der Waals surface area contributed by atoms with Gasteiger partial charge in [-0.3, -0.25) is 9.36 Å². The summed E-state index contributed by atoms with van der Waals surface area (Å²) in [5.74, 6) is -0.366. The van der Waals surface area contributed by atoms with Crippen molar-refractivity contribution in [3.63, 3.8) is 0 Å². The molecular formula is C11H9FN2O2. The summed E-state index contributed by atoms with van der Waals surface area (Å²) in [7, 11) is 1.38. The van der Waals surface area contributed by atoms with E-state index in [1.807, 2.05) is 0 Å². The SMILES string of the molecule is Cn1c(=O)cc(-c2ccc(F)cc2)[nH]c1=O. The molecule has 16 heavy (non-hydrogen) atoms. The minimum Gasteiger partial charge on any atom is -0.307 e. The molecule has 0 aliphatic carbocycles. The van der Waals surface area contributed by atoms with Gasteiger partial charge in [0.1, 0.15) is 5.82 Å². The van der Waals surface area contributed by atoms with Gasteiger partial charge in [-0.15, -0.1) is 0 Å². The van der Waals surface area contributed by atoms with Gasteiger partial charge in [0.25, 0.3) is 5.56 Å². The molecule has 0 bridgehead atoms. The number of aromatic nitrogens is 2. The third-order valence-corrected chi connectivity index (χ3v) is 2.30. The number of hydrogen-bond donors (Lipinski definition) is 1. The fraction of sp³-hybridized carbons (Fsp3) is 0.0909. The Bertz CT molecular complexity index is 594. The Morgan fingerprint density at radius 3 is 2.38 bits per heavy atom. The number of aromatic amines is 1. The summed E-state index contributed by atoms with van der Waals surface area (Å²) >= 11 is 0. The lowest BCUT2D eigenvalue weighted by molar-refractivity contribution is 0.628. The summed E-state index contributed by atoms with van der Waals surface area (Å²) in [5, 5.41) is 0. The van der Waals surface area contributed by atoms with E-state index in [1.54, 1.807) is 0 Å². The summed E-state index contributed by atoms with van der Waals surface area (Å²) in [5.41, 5.74) is 0.0826. The van der Waals surface area contributed by atoms with Crippen molar-refractivity contribution in [3.05, 3.63) is 57.0 Å². The molecule has 0 fully saturated rings. The molecular weight excluding hydrogens is 211 g/mol. The van der Waals surface area contributed by atoms with Crippen molar-refractivity contribution in [2.75, 3.05) is 0 Å². The molecule has 1 aromatic carbocycles. The number of H-pyrrole nitrogens is 1. The lowest BCUT2D eigenvalue weighted by atomic mass is 10.1. The predicted molar refractivity (Wildman–Crippen MR) is 57.7 cm³/mol. The summed E-state index contributed by atoms with van der Waals surface area (Å²) in [6.45, 7) is 0. The molecule has 0 atom stereocenters. The van der Waals surface area contributed by atoms with Crippen molar-refractivity contribution in [2.24, 2.45) is 7.05 Å². The predicted octanol–water partition coefficient (Wildman–Crippen LogP) is 0.880. The van der Waals surface area contributed by atoms with Gasteiger partial charge in [-0.25, -0.2) is 9.18 Å². The molecule has 2 aromatic rings. The Morgan fingerprint density at radius 1 is 1.19 bits per heavy atom. The first kappa shape index (κ1) is 10.4. The molecule has 0 saturated heterocycles. The first-order valence-electron chi connectivity index (χ1n) is 4.64. The van der Waals surface area contributed by atoms with Crippen LogP contribution in [-0.2, 0) is 7.05 Å². The monoisotopic (exact) mass is 220 g/mol. The molecule has 2 rings (SSSR count). The number of halogens is 1. The molecule has 0 saturated carbocycles. The zero-order valence-electron chi connectivity index (χ0n) is 8.53. The van der Waals surface area contributed by atoms with Crippen molar-refractivity contribution in [1.82, 2.24) is 9.55 Å². The highest BCUT2D eigenvalue weighted by Gasteiger charge is 2.03. The van der Waals surface area contributed by atoms with E-state index in [9.17, 15) is 14.0 Å². The fourth-order valence-electron chi connectivity index (χ4n) is 1.34. The maximum atomic E-state index is 12.7. The first-order chi connectivity index (χ1) is 7.58. The minimum atomic E-state index is -0.494. The molecule has 0 amide bonds. The highest BCUT2D eigenvalue weighted by Crippen LogP contribution is 2.13. The molecule has 1 aromatic heterocycles. The average Bonchev–Trinajstić information content (AvgIpc) is 2.26. The van der Waals surface area contributed by atoms with E-state index in [2.05, 4.69) is 4.98 Å². The summed E-state index contributed by atoms with van der Waals surface area (Å²) < 4.78 is 13.7. The Balaban J connectivity index is 2.62. The van der Waals surface area contributed by atoms with E-state index < -0.39 is 11.2 Å². The molecule has 0 aliphatic heterocycles. The van der Waals surface area contributed by atoms with E-state index in [0.717, 1.165) is 4.57 Å². The number of rotatable bonds is 1. The highest BCUT2D eigenvalue weighted by atomic mass is 19.1. The van der Waals surface area contributed by atoms with Crippen LogP contribution in [0.25, 0.3) is 11.3 Å². The van der Waals surface area contributed by atoms with Crippen LogP contribution < -0.4 is 11.2 Å². The van der Waals surface area contributed by atoms with Gasteiger partial charge < -0.3 is 4.98 Å². The van der Waals surface area contributed by atoms with E-state index in [-0.39, 0.29) is 5.82 Å². The van der Waals surface area contributed by atoms with Crippen LogP contribution in [0.3, 0.4) is 0 Å². The number of nitrogens with zero attached hydrogens (tertiary/aromatic N) is 1. The van der Waals surface area contributed by atoms with Crippen molar-refractivity contribution in [1.29, 1.82) is 0 Å². The molecule has 1 heterocycles. The van der Waals surface area contributed by atoms with Gasteiger partial charge in [0.2, 0.25) is 0 Å². The lowest BCUT2D eigenvalue weighted by Crippen LogP contribution is -2.32. The second kappa shape index (κ2) is 3.77. The third kappa shape index (κ3) is 1.79. The van der Waals surface area contributed by atoms with E-state index in [4.69, 9.17) is 0 Å². The highest BCUT2D eigenvalue weighted by molar-refractivity contribution is 5.57. The minimum absolute atomic E-state index is 0.366. The molecule has 5 heteroatoms. The molecule has 0 unspecified atom stereocenters. The van der Waals surface area contributed by atoms with Crippen LogP contribution >= 0.6 is 0 Å². The summed E-state index contributed by atoms with van der Waals surface area (Å²) in [6.07, 6.45) is 0. The largest absolute Gasteiger partial charge is 0.328 e. The third-order valence-electron chi connectivity index (χ3n) is 2.30. The van der Waals surface area contributed by atoms with Crippen LogP contribution in [0.1, 0.15) is 0 Å². The van der Waals surface area contributed by atoms with Gasteiger partial charge >= 0.3 is 5.69 Å². The van der Waals surface area contributed by atoms with E-state index in [0.29, 0.717) is 11.3 Å². The molecule has 0 spiro atoms. The van der Waals surface area contributed by atoms with Gasteiger partial charge in [0.05, 0.1) is 5.69 Å². The normalized spacial score (nSPS) is 10.4. The quantitative estimate of drug-likeness (QED) is 0.775. The van der Waals surface area contributed by atoms with Gasteiger partial charge in [-0.05, 0) is 29.8 Å². The van der Waals surface area contributed by atoms with Gasteiger partial charge in [0, 0.05) is 13.1 Å². The Hall–Kier alpha value is -2.17. The zero-order chi connectivity index (χ0) is 11.7. The average molecular weight is 220 g/mol. The fourth-order valence-corrected chi connectivity index (χ4v) is 1.34. The van der Waals surface area contributed by atoms with Crippen LogP contribution in [0.2, 0.25) is 0 Å². The van der Waals surface area contributed by atoms with Crippen molar-refractivity contribution in [2.45, 2.75) is 0 Å². The van der Waals surface area contributed by atoms with Crippen LogP contribution in [-0.4, -0.2) is 9.55 Å². The van der Waals surface area contributed by atoms with Crippen LogP contribution in [0.5, 0.6) is 0 Å². The number of hydrogen-bond acceptors (Lipinski definition) is 2. The lowest BCUT2D eigenvalue weighted by Gasteiger charge is -2.02. The zero-order valence-corrected chi connectivity index (χ0v) is 8.53. The summed E-state index contributed by atoms with van der Waals surface area (Å²) in [4.78, 5) is 25.2. The number of nitrogens with one attached hydrogen (secondary N) is 1. The maximum Gasteiger partial charge on any atom is 0.328 e. The van der Waals surface area contributed by atoms with Gasteiger partial charge in [0.15, 0.2) is 0 Å². The first-order valence-corrected chi connectivity index (χ1v) is 4.64. The van der Waals surface area contributed by atoms with E-state index >= 15 is 0 Å². The van der Waals surface area contributed by atoms with Crippen LogP contribution in [0, 0.1) is 5.82 Å². The second-order valence-corrected chi connectivity index (χ2v) is 3.39. The smallest absolute Gasteiger partial charge is 0.307 e.